The second-order valence-electron chi connectivity index (χ2n) is 5.95. The van der Waals surface area contributed by atoms with E-state index in [4.69, 9.17) is 11.5 Å². The SMILES string of the molecule is CCn1nc(-c2ccc(C(N)=O)cc2)nc1[C@H]1C[C@@H](N)[C@H](O)C1. The van der Waals surface area contributed by atoms with Crippen LogP contribution in [0.4, 0.5) is 0 Å². The van der Waals surface area contributed by atoms with Crippen LogP contribution in [0.5, 0.6) is 0 Å². The van der Waals surface area contributed by atoms with E-state index in [-0.39, 0.29) is 12.0 Å². The standard InChI is InChI=1S/C16H21N5O2/c1-2-21-16(11-7-12(17)13(22)8-11)19-15(20-21)10-5-3-9(4-6-10)14(18)23/h3-6,11-13,22H,2,7-8,17H2,1H3,(H2,18,23)/t11-,12+,13+/m0/s1. The summed E-state index contributed by atoms with van der Waals surface area (Å²) in [5, 5.41) is 14.4. The number of primary amides is 1. The summed E-state index contributed by atoms with van der Waals surface area (Å²) >= 11 is 0. The first-order valence-corrected chi connectivity index (χ1v) is 7.78. The Bertz CT molecular complexity index is 700. The molecule has 23 heavy (non-hydrogen) atoms. The molecule has 0 saturated heterocycles. The summed E-state index contributed by atoms with van der Waals surface area (Å²) in [7, 11) is 0. The average Bonchev–Trinajstić information content (AvgIpc) is 3.11. The number of aliphatic hydroxyl groups excluding tert-OH is 1. The summed E-state index contributed by atoms with van der Waals surface area (Å²) in [6, 6.07) is 6.70. The van der Waals surface area contributed by atoms with E-state index < -0.39 is 12.0 Å². The zero-order chi connectivity index (χ0) is 16.6. The number of aliphatic hydroxyl groups is 1. The number of carbonyl (C=O) groups is 1. The predicted molar refractivity (Wildman–Crippen MR) is 85.6 cm³/mol. The molecule has 1 aromatic heterocycles. The van der Waals surface area contributed by atoms with E-state index in [1.807, 2.05) is 11.6 Å². The van der Waals surface area contributed by atoms with Crippen molar-refractivity contribution in [2.45, 2.75) is 44.4 Å². The molecule has 3 rings (SSSR count). The van der Waals surface area contributed by atoms with Crippen molar-refractivity contribution in [1.29, 1.82) is 0 Å². The monoisotopic (exact) mass is 315 g/mol. The molecule has 1 aliphatic carbocycles. The van der Waals surface area contributed by atoms with Crippen LogP contribution in [-0.4, -0.2) is 37.9 Å². The van der Waals surface area contributed by atoms with E-state index in [0.29, 0.717) is 30.8 Å². The Kier molecular flexibility index (Phi) is 4.14. The smallest absolute Gasteiger partial charge is 0.248 e. The third-order valence-corrected chi connectivity index (χ3v) is 4.37. The zero-order valence-electron chi connectivity index (χ0n) is 13.0. The van der Waals surface area contributed by atoms with Gasteiger partial charge in [-0.3, -0.25) is 4.79 Å². The number of carbonyl (C=O) groups excluding carboxylic acids is 1. The van der Waals surface area contributed by atoms with E-state index >= 15 is 0 Å². The Morgan fingerprint density at radius 2 is 2.04 bits per heavy atom. The molecule has 1 fully saturated rings. The molecule has 5 N–H and O–H groups in total. The fourth-order valence-electron chi connectivity index (χ4n) is 3.05. The van der Waals surface area contributed by atoms with Crippen LogP contribution in [0.1, 0.15) is 41.9 Å². The Hall–Kier alpha value is -2.25. The van der Waals surface area contributed by atoms with E-state index in [9.17, 15) is 9.90 Å². The van der Waals surface area contributed by atoms with Crippen molar-refractivity contribution >= 4 is 5.91 Å². The van der Waals surface area contributed by atoms with Gasteiger partial charge in [0, 0.05) is 29.6 Å². The Balaban J connectivity index is 1.91. The number of nitrogens with two attached hydrogens (primary N) is 2. The van der Waals surface area contributed by atoms with Gasteiger partial charge in [-0.05, 0) is 31.9 Å². The van der Waals surface area contributed by atoms with Gasteiger partial charge in [-0.25, -0.2) is 9.67 Å². The topological polar surface area (TPSA) is 120 Å². The van der Waals surface area contributed by atoms with Crippen LogP contribution >= 0.6 is 0 Å². The van der Waals surface area contributed by atoms with E-state index in [0.717, 1.165) is 11.4 Å². The number of rotatable bonds is 4. The quantitative estimate of drug-likeness (QED) is 0.764. The lowest BCUT2D eigenvalue weighted by Crippen LogP contribution is -2.28. The van der Waals surface area contributed by atoms with Crippen molar-refractivity contribution in [1.82, 2.24) is 14.8 Å². The lowest BCUT2D eigenvalue weighted by atomic mass is 10.1. The molecule has 1 heterocycles. The van der Waals surface area contributed by atoms with Crippen LogP contribution < -0.4 is 11.5 Å². The Morgan fingerprint density at radius 1 is 1.35 bits per heavy atom. The highest BCUT2D eigenvalue weighted by Gasteiger charge is 2.34. The lowest BCUT2D eigenvalue weighted by molar-refractivity contribution is 0.100. The zero-order valence-corrected chi connectivity index (χ0v) is 13.0. The maximum atomic E-state index is 11.1. The fraction of sp³-hybridized carbons (Fsp3) is 0.438. The van der Waals surface area contributed by atoms with E-state index in [1.165, 1.54) is 0 Å². The Morgan fingerprint density at radius 3 is 2.57 bits per heavy atom. The molecule has 1 aliphatic rings. The maximum absolute atomic E-state index is 11.1. The van der Waals surface area contributed by atoms with Gasteiger partial charge in [0.25, 0.3) is 0 Å². The highest BCUT2D eigenvalue weighted by Crippen LogP contribution is 2.34. The van der Waals surface area contributed by atoms with Crippen LogP contribution in [0.3, 0.4) is 0 Å². The van der Waals surface area contributed by atoms with Gasteiger partial charge in [0.2, 0.25) is 5.91 Å². The molecule has 122 valence electrons. The fourth-order valence-corrected chi connectivity index (χ4v) is 3.05. The first-order valence-electron chi connectivity index (χ1n) is 7.78. The van der Waals surface area contributed by atoms with Crippen LogP contribution in [-0.2, 0) is 6.54 Å². The second-order valence-corrected chi connectivity index (χ2v) is 5.95. The summed E-state index contributed by atoms with van der Waals surface area (Å²) in [4.78, 5) is 15.8. The summed E-state index contributed by atoms with van der Waals surface area (Å²) in [5.41, 5.74) is 12.4. The molecule has 2 aromatic rings. The number of hydrogen-bond acceptors (Lipinski definition) is 5. The van der Waals surface area contributed by atoms with Crippen molar-refractivity contribution in [3.05, 3.63) is 35.7 Å². The molecule has 0 aliphatic heterocycles. The molecule has 3 atom stereocenters. The van der Waals surface area contributed by atoms with Crippen molar-refractivity contribution in [2.24, 2.45) is 11.5 Å². The van der Waals surface area contributed by atoms with Gasteiger partial charge in [0.05, 0.1) is 6.10 Å². The van der Waals surface area contributed by atoms with Crippen molar-refractivity contribution < 1.29 is 9.90 Å². The van der Waals surface area contributed by atoms with Gasteiger partial charge < -0.3 is 16.6 Å². The minimum atomic E-state index is -0.486. The van der Waals surface area contributed by atoms with Crippen LogP contribution in [0, 0.1) is 0 Å². The van der Waals surface area contributed by atoms with Gasteiger partial charge in [-0.1, -0.05) is 12.1 Å². The van der Waals surface area contributed by atoms with Crippen molar-refractivity contribution in [3.63, 3.8) is 0 Å². The van der Waals surface area contributed by atoms with Gasteiger partial charge in [0.15, 0.2) is 5.82 Å². The third-order valence-electron chi connectivity index (χ3n) is 4.37. The molecule has 7 nitrogen and oxygen atoms in total. The van der Waals surface area contributed by atoms with Gasteiger partial charge in [-0.15, -0.1) is 0 Å². The molecular formula is C16H21N5O2. The van der Waals surface area contributed by atoms with Gasteiger partial charge in [0.1, 0.15) is 5.82 Å². The molecule has 1 saturated carbocycles. The lowest BCUT2D eigenvalue weighted by Gasteiger charge is -2.08. The molecule has 1 amide bonds. The number of benzene rings is 1. The minimum Gasteiger partial charge on any atom is -0.391 e. The Labute approximate surface area is 134 Å². The molecule has 0 unspecified atom stereocenters. The molecule has 0 radical (unpaired) electrons. The minimum absolute atomic E-state index is 0.117. The van der Waals surface area contributed by atoms with Crippen molar-refractivity contribution in [3.8, 4) is 11.4 Å². The number of amides is 1. The number of hydrogen-bond donors (Lipinski definition) is 3. The van der Waals surface area contributed by atoms with Gasteiger partial charge >= 0.3 is 0 Å². The summed E-state index contributed by atoms with van der Waals surface area (Å²) in [5.74, 6) is 1.12. The molecule has 0 spiro atoms. The number of aryl methyl sites for hydroxylation is 1. The molecule has 1 aromatic carbocycles. The summed E-state index contributed by atoms with van der Waals surface area (Å²) in [6.07, 6.45) is 0.833. The largest absolute Gasteiger partial charge is 0.391 e. The number of nitrogens with zero attached hydrogens (tertiary/aromatic N) is 3. The molecule has 7 heteroatoms. The van der Waals surface area contributed by atoms with E-state index in [1.54, 1.807) is 24.3 Å². The average molecular weight is 315 g/mol. The van der Waals surface area contributed by atoms with Crippen LogP contribution in [0.2, 0.25) is 0 Å². The van der Waals surface area contributed by atoms with Crippen LogP contribution in [0.15, 0.2) is 24.3 Å². The highest BCUT2D eigenvalue weighted by atomic mass is 16.3. The summed E-state index contributed by atoms with van der Waals surface area (Å²) < 4.78 is 1.85. The molecule has 0 bridgehead atoms. The third kappa shape index (κ3) is 2.97. The highest BCUT2D eigenvalue weighted by molar-refractivity contribution is 5.93. The van der Waals surface area contributed by atoms with E-state index in [2.05, 4.69) is 10.1 Å². The van der Waals surface area contributed by atoms with Crippen molar-refractivity contribution in [2.75, 3.05) is 0 Å². The second kappa shape index (κ2) is 6.10. The first kappa shape index (κ1) is 15.6. The predicted octanol–water partition coefficient (Wildman–Crippen LogP) is 0.629. The first-order chi connectivity index (χ1) is 11.0. The molecular weight excluding hydrogens is 294 g/mol. The maximum Gasteiger partial charge on any atom is 0.248 e. The van der Waals surface area contributed by atoms with Gasteiger partial charge in [-0.2, -0.15) is 5.10 Å². The summed E-state index contributed by atoms with van der Waals surface area (Å²) in [6.45, 7) is 2.70. The van der Waals surface area contributed by atoms with Crippen LogP contribution in [0.25, 0.3) is 11.4 Å². The number of aromatic nitrogens is 3. The normalized spacial score (nSPS) is 24.0.